The molecule has 0 aliphatic carbocycles. The van der Waals surface area contributed by atoms with Crippen molar-refractivity contribution >= 4 is 55.8 Å². The van der Waals surface area contributed by atoms with Crippen LogP contribution in [0.5, 0.6) is 5.75 Å². The van der Waals surface area contributed by atoms with Crippen LogP contribution in [-0.2, 0) is 6.54 Å². The van der Waals surface area contributed by atoms with Crippen molar-refractivity contribution in [2.45, 2.75) is 31.8 Å². The van der Waals surface area contributed by atoms with Crippen LogP contribution in [0.3, 0.4) is 0 Å². The lowest BCUT2D eigenvalue weighted by molar-refractivity contribution is -0.613. The van der Waals surface area contributed by atoms with Crippen molar-refractivity contribution in [2.24, 2.45) is 5.92 Å². The standard InChI is InChI=1S/C41H35Cl2N7O4/c42-37-28(29-21-47(20-24-13-16-45-19-24)40(53)34-27(29)7-4-8-33(34)51)9-10-31-36(37)41(54)50(23-49(31)25-5-2-1-3-6-25)32-12-11-30-35(38(32)43)39(52)46-22-48(30)26-14-17-44-18-15-26/h1-12,21-24,26,44-45H,13-20H2/p+1. The summed E-state index contributed by atoms with van der Waals surface area (Å²) in [6.45, 7) is 3.84. The molecule has 2 fully saturated rings. The fourth-order valence-electron chi connectivity index (χ4n) is 8.19. The molecule has 1 unspecified atom stereocenters. The zero-order chi connectivity index (χ0) is 37.1. The highest BCUT2D eigenvalue weighted by Crippen LogP contribution is 2.38. The number of aromatic nitrogens is 5. The van der Waals surface area contributed by atoms with Crippen molar-refractivity contribution in [3.05, 3.63) is 133 Å². The Morgan fingerprint density at radius 3 is 2.35 bits per heavy atom. The highest BCUT2D eigenvalue weighted by Gasteiger charge is 2.28. The van der Waals surface area contributed by atoms with Crippen molar-refractivity contribution in [3.63, 3.8) is 0 Å². The van der Waals surface area contributed by atoms with Gasteiger partial charge in [0, 0.05) is 35.3 Å². The van der Waals surface area contributed by atoms with Crippen LogP contribution >= 0.6 is 23.2 Å². The summed E-state index contributed by atoms with van der Waals surface area (Å²) < 4.78 is 6.93. The quantitative estimate of drug-likeness (QED) is 0.191. The second kappa shape index (κ2) is 13.8. The number of para-hydroxylation sites is 1. The van der Waals surface area contributed by atoms with Crippen molar-refractivity contribution in [1.29, 1.82) is 0 Å². The molecular weight excluding hydrogens is 725 g/mol. The number of aromatic hydroxyl groups is 1. The molecule has 13 heteroatoms. The molecule has 54 heavy (non-hydrogen) atoms. The fourth-order valence-corrected chi connectivity index (χ4v) is 8.86. The summed E-state index contributed by atoms with van der Waals surface area (Å²) in [7, 11) is 0. The van der Waals surface area contributed by atoms with Crippen molar-refractivity contribution in [1.82, 2.24) is 29.3 Å². The third-order valence-electron chi connectivity index (χ3n) is 10.9. The minimum absolute atomic E-state index is 0.108. The second-order valence-electron chi connectivity index (χ2n) is 14.1. The van der Waals surface area contributed by atoms with Crippen LogP contribution in [0.4, 0.5) is 0 Å². The number of pyridine rings is 1. The fraction of sp³-hybridized carbons (Fsp3) is 0.244. The molecule has 2 aliphatic heterocycles. The summed E-state index contributed by atoms with van der Waals surface area (Å²) in [4.78, 5) is 46.2. The number of phenols is 1. The lowest BCUT2D eigenvalue weighted by Gasteiger charge is -2.26. The number of hydrogen-bond donors (Lipinski definition) is 3. The van der Waals surface area contributed by atoms with E-state index in [9.17, 15) is 19.5 Å². The molecule has 272 valence electrons. The largest absolute Gasteiger partial charge is 0.507 e. The number of nitrogens with zero attached hydrogens (tertiary/aromatic N) is 5. The van der Waals surface area contributed by atoms with E-state index in [2.05, 4.69) is 15.6 Å². The molecule has 5 heterocycles. The first kappa shape index (κ1) is 34.4. The van der Waals surface area contributed by atoms with E-state index in [1.807, 2.05) is 57.7 Å². The van der Waals surface area contributed by atoms with E-state index >= 15 is 0 Å². The van der Waals surface area contributed by atoms with E-state index in [0.717, 1.165) is 51.1 Å². The topological polar surface area (TPSA) is 127 Å². The van der Waals surface area contributed by atoms with Crippen LogP contribution < -0.4 is 31.9 Å². The SMILES string of the molecule is O=c1ncn(C2CCNCC2)c2ccc(-[n+]3cn(-c4ccccc4)c4ccc(-c5cn(CC6CCNC6)c(=O)c6c(O)cccc56)c(Cl)c4c3=O)c(Cl)c12. The number of piperidine rings is 1. The zero-order valence-corrected chi connectivity index (χ0v) is 30.6. The molecule has 2 saturated heterocycles. The molecule has 11 nitrogen and oxygen atoms in total. The van der Waals surface area contributed by atoms with Gasteiger partial charge in [-0.15, -0.1) is 0 Å². The predicted octanol–water partition coefficient (Wildman–Crippen LogP) is 5.51. The first-order chi connectivity index (χ1) is 26.3. The Balaban J connectivity index is 1.30. The summed E-state index contributed by atoms with van der Waals surface area (Å²) >= 11 is 14.5. The van der Waals surface area contributed by atoms with E-state index in [0.29, 0.717) is 39.8 Å². The molecule has 1 atom stereocenters. The molecule has 4 aromatic carbocycles. The Hall–Kier alpha value is -5.33. The van der Waals surface area contributed by atoms with E-state index in [-0.39, 0.29) is 49.5 Å². The molecule has 0 amide bonds. The highest BCUT2D eigenvalue weighted by atomic mass is 35.5. The Labute approximate surface area is 318 Å². The maximum absolute atomic E-state index is 14.9. The maximum Gasteiger partial charge on any atom is 0.351 e. The normalized spacial score (nSPS) is 16.5. The van der Waals surface area contributed by atoms with Gasteiger partial charge in [0.1, 0.15) is 27.4 Å². The van der Waals surface area contributed by atoms with E-state index in [1.54, 1.807) is 41.6 Å². The zero-order valence-electron chi connectivity index (χ0n) is 29.1. The van der Waals surface area contributed by atoms with Crippen molar-refractivity contribution < 1.29 is 9.67 Å². The molecule has 0 bridgehead atoms. The summed E-state index contributed by atoms with van der Waals surface area (Å²) in [6, 6.07) is 21.9. The third kappa shape index (κ3) is 5.70. The van der Waals surface area contributed by atoms with E-state index in [1.165, 1.54) is 10.6 Å². The molecule has 3 aromatic heterocycles. The number of halogens is 2. The third-order valence-corrected chi connectivity index (χ3v) is 11.7. The van der Waals surface area contributed by atoms with Gasteiger partial charge < -0.3 is 24.9 Å². The Morgan fingerprint density at radius 2 is 1.57 bits per heavy atom. The second-order valence-corrected chi connectivity index (χ2v) is 14.9. The monoisotopic (exact) mass is 760 g/mol. The van der Waals surface area contributed by atoms with Gasteiger partial charge in [0.25, 0.3) is 17.4 Å². The van der Waals surface area contributed by atoms with Gasteiger partial charge in [-0.1, -0.05) is 53.5 Å². The van der Waals surface area contributed by atoms with Crippen LogP contribution in [0.25, 0.3) is 55.1 Å². The Kier molecular flexibility index (Phi) is 8.82. The van der Waals surface area contributed by atoms with Gasteiger partial charge in [0.05, 0.1) is 27.6 Å². The van der Waals surface area contributed by atoms with Gasteiger partial charge in [0.15, 0.2) is 5.69 Å². The molecule has 0 saturated carbocycles. The van der Waals surface area contributed by atoms with Gasteiger partial charge >= 0.3 is 5.56 Å². The minimum Gasteiger partial charge on any atom is -0.507 e. The van der Waals surface area contributed by atoms with Crippen molar-refractivity contribution in [3.8, 4) is 28.3 Å². The van der Waals surface area contributed by atoms with Crippen LogP contribution in [-0.4, -0.2) is 50.0 Å². The summed E-state index contributed by atoms with van der Waals surface area (Å²) in [5.74, 6) is 0.118. The first-order valence-corrected chi connectivity index (χ1v) is 18.9. The van der Waals surface area contributed by atoms with E-state index < -0.39 is 11.1 Å². The van der Waals surface area contributed by atoms with Gasteiger partial charge in [-0.2, -0.15) is 14.1 Å². The predicted molar refractivity (Wildman–Crippen MR) is 212 cm³/mol. The summed E-state index contributed by atoms with van der Waals surface area (Å²) in [5, 5.41) is 19.1. The van der Waals surface area contributed by atoms with Gasteiger partial charge in [-0.25, -0.2) is 4.79 Å². The lowest BCUT2D eigenvalue weighted by Crippen LogP contribution is -2.49. The number of hydrogen-bond acceptors (Lipinski definition) is 7. The Morgan fingerprint density at radius 1 is 0.796 bits per heavy atom. The van der Waals surface area contributed by atoms with Crippen LogP contribution in [0.15, 0.2) is 106 Å². The highest BCUT2D eigenvalue weighted by molar-refractivity contribution is 6.38. The Bertz CT molecular complexity index is 2810. The average Bonchev–Trinajstić information content (AvgIpc) is 3.71. The number of phenolic OH excluding ortho intramolecular Hbond substituents is 1. The van der Waals surface area contributed by atoms with Gasteiger partial charge in [-0.3, -0.25) is 9.59 Å². The molecule has 7 aromatic rings. The molecular formula is C41H36Cl2N7O4+. The smallest absolute Gasteiger partial charge is 0.351 e. The molecule has 9 rings (SSSR count). The van der Waals surface area contributed by atoms with E-state index in [4.69, 9.17) is 23.2 Å². The number of nitrogens with one attached hydrogen (secondary N) is 2. The van der Waals surface area contributed by atoms with Crippen LogP contribution in [0, 0.1) is 5.92 Å². The van der Waals surface area contributed by atoms with Crippen LogP contribution in [0.1, 0.15) is 25.3 Å². The molecule has 2 aliphatic rings. The molecule has 0 spiro atoms. The minimum atomic E-state index is -0.481. The number of benzene rings is 4. The molecule has 0 radical (unpaired) electrons. The van der Waals surface area contributed by atoms with Crippen molar-refractivity contribution in [2.75, 3.05) is 26.2 Å². The number of rotatable bonds is 6. The van der Waals surface area contributed by atoms with Crippen LogP contribution in [0.2, 0.25) is 10.0 Å². The number of fused-ring (bicyclic) bond motifs is 3. The summed E-state index contributed by atoms with van der Waals surface area (Å²) in [5.41, 5.74) is 2.16. The molecule has 3 N–H and O–H groups in total. The van der Waals surface area contributed by atoms with Gasteiger partial charge in [0.2, 0.25) is 0 Å². The van der Waals surface area contributed by atoms with Gasteiger partial charge in [-0.05, 0) is 93.8 Å². The maximum atomic E-state index is 14.9. The first-order valence-electron chi connectivity index (χ1n) is 18.1. The average molecular weight is 762 g/mol. The lowest BCUT2D eigenvalue weighted by atomic mass is 9.98. The summed E-state index contributed by atoms with van der Waals surface area (Å²) in [6.07, 6.45) is 7.71.